The summed E-state index contributed by atoms with van der Waals surface area (Å²) < 4.78 is 0. The molecular weight excluding hydrogens is 320 g/mol. The van der Waals surface area contributed by atoms with Gasteiger partial charge in [0.25, 0.3) is 0 Å². The number of hydrogen-bond acceptors (Lipinski definition) is 0. The highest BCUT2D eigenvalue weighted by atomic mass is 79.9. The molecule has 1 unspecified atom stereocenters. The van der Waals surface area contributed by atoms with Crippen LogP contribution in [0.1, 0.15) is 83.2 Å². The first-order chi connectivity index (χ1) is 9.93. The van der Waals surface area contributed by atoms with Crippen LogP contribution in [0.25, 0.3) is 0 Å². The van der Waals surface area contributed by atoms with Gasteiger partial charge in [0.2, 0.25) is 0 Å². The van der Waals surface area contributed by atoms with Crippen molar-refractivity contribution >= 4 is 15.9 Å². The van der Waals surface area contributed by atoms with Crippen LogP contribution in [0, 0.1) is 40.5 Å². The smallest absolute Gasteiger partial charge is 0.0400 e. The third kappa shape index (κ3) is 3.73. The van der Waals surface area contributed by atoms with Crippen LogP contribution in [0.3, 0.4) is 0 Å². The number of halogens is 1. The van der Waals surface area contributed by atoms with E-state index in [1.807, 2.05) is 0 Å². The van der Waals surface area contributed by atoms with E-state index in [9.17, 15) is 0 Å². The normalized spacial score (nSPS) is 18.0. The van der Waals surface area contributed by atoms with E-state index in [1.54, 1.807) is 5.56 Å². The highest BCUT2D eigenvalue weighted by Crippen LogP contribution is 2.39. The summed E-state index contributed by atoms with van der Waals surface area (Å²) in [6.45, 7) is 11.4. The van der Waals surface area contributed by atoms with Crippen LogP contribution >= 0.6 is 15.9 Å². The molecule has 0 radical (unpaired) electrons. The van der Waals surface area contributed by atoms with Crippen LogP contribution in [-0.4, -0.2) is 0 Å². The number of rotatable bonds is 4. The first kappa shape index (κ1) is 17.1. The summed E-state index contributed by atoms with van der Waals surface area (Å²) >= 11 is 4.01. The van der Waals surface area contributed by atoms with Gasteiger partial charge < -0.3 is 0 Å². The summed E-state index contributed by atoms with van der Waals surface area (Å²) in [5.41, 5.74) is 9.00. The topological polar surface area (TPSA) is 0 Å². The molecule has 0 nitrogen and oxygen atoms in total. The molecule has 1 aliphatic carbocycles. The van der Waals surface area contributed by atoms with E-state index in [-0.39, 0.29) is 0 Å². The van der Waals surface area contributed by atoms with Gasteiger partial charge in [-0.2, -0.15) is 0 Å². The Morgan fingerprint density at radius 1 is 0.810 bits per heavy atom. The second-order valence-corrected chi connectivity index (χ2v) is 8.19. The van der Waals surface area contributed by atoms with Crippen molar-refractivity contribution in [2.75, 3.05) is 0 Å². The summed E-state index contributed by atoms with van der Waals surface area (Å²) in [6, 6.07) is 0. The zero-order valence-corrected chi connectivity index (χ0v) is 16.1. The molecule has 1 aromatic carbocycles. The van der Waals surface area contributed by atoms with Gasteiger partial charge in [-0.1, -0.05) is 48.0 Å². The second kappa shape index (κ2) is 7.31. The standard InChI is InChI=1S/C20H31Br/c1-13-14(2)16(4)20(17(5)15(13)3)19(21)12-11-18-9-7-6-8-10-18/h18-19H,6-12H2,1-5H3. The Bertz CT molecular complexity index is 466. The lowest BCUT2D eigenvalue weighted by atomic mass is 9.83. The van der Waals surface area contributed by atoms with Gasteiger partial charge in [0, 0.05) is 4.83 Å². The average Bonchev–Trinajstić information content (AvgIpc) is 2.50. The quantitative estimate of drug-likeness (QED) is 0.511. The molecule has 0 heterocycles. The summed E-state index contributed by atoms with van der Waals surface area (Å²) in [5.74, 6) is 0.979. The van der Waals surface area contributed by atoms with Gasteiger partial charge in [-0.15, -0.1) is 0 Å². The lowest BCUT2D eigenvalue weighted by Crippen LogP contribution is -2.09. The van der Waals surface area contributed by atoms with Gasteiger partial charge in [0.05, 0.1) is 0 Å². The molecule has 0 aromatic heterocycles. The monoisotopic (exact) mass is 350 g/mol. The SMILES string of the molecule is Cc1c(C)c(C)c(C(Br)CCC2CCCCC2)c(C)c1C. The van der Waals surface area contributed by atoms with Crippen molar-refractivity contribution in [1.82, 2.24) is 0 Å². The van der Waals surface area contributed by atoms with Crippen molar-refractivity contribution < 1.29 is 0 Å². The maximum atomic E-state index is 4.01. The molecule has 0 saturated heterocycles. The average molecular weight is 351 g/mol. The van der Waals surface area contributed by atoms with Crippen LogP contribution in [0.5, 0.6) is 0 Å². The molecule has 1 aromatic rings. The van der Waals surface area contributed by atoms with Crippen molar-refractivity contribution in [2.24, 2.45) is 5.92 Å². The Morgan fingerprint density at radius 2 is 1.29 bits per heavy atom. The number of alkyl halides is 1. The molecule has 0 spiro atoms. The Morgan fingerprint density at radius 3 is 1.81 bits per heavy atom. The molecule has 1 saturated carbocycles. The first-order valence-corrected chi connectivity index (χ1v) is 9.56. The van der Waals surface area contributed by atoms with Crippen LogP contribution in [0.4, 0.5) is 0 Å². The minimum atomic E-state index is 0.525. The zero-order chi connectivity index (χ0) is 15.6. The summed E-state index contributed by atoms with van der Waals surface area (Å²) in [6.07, 6.45) is 9.97. The van der Waals surface area contributed by atoms with E-state index in [2.05, 4.69) is 50.5 Å². The van der Waals surface area contributed by atoms with E-state index in [1.165, 1.54) is 72.8 Å². The fourth-order valence-electron chi connectivity index (χ4n) is 4.00. The van der Waals surface area contributed by atoms with Crippen molar-refractivity contribution in [2.45, 2.75) is 84.4 Å². The lowest BCUT2D eigenvalue weighted by molar-refractivity contribution is 0.332. The van der Waals surface area contributed by atoms with Crippen LogP contribution < -0.4 is 0 Å². The highest BCUT2D eigenvalue weighted by molar-refractivity contribution is 9.09. The molecule has 0 amide bonds. The molecule has 0 N–H and O–H groups in total. The molecule has 0 aliphatic heterocycles. The maximum absolute atomic E-state index is 4.01. The largest absolute Gasteiger partial charge is 0.0839 e. The predicted octanol–water partition coefficient (Wildman–Crippen LogP) is 7.03. The first-order valence-electron chi connectivity index (χ1n) is 8.64. The highest BCUT2D eigenvalue weighted by Gasteiger charge is 2.20. The van der Waals surface area contributed by atoms with Gasteiger partial charge in [-0.25, -0.2) is 0 Å². The number of benzene rings is 1. The molecule has 21 heavy (non-hydrogen) atoms. The third-order valence-electron chi connectivity index (χ3n) is 5.92. The fourth-order valence-corrected chi connectivity index (χ4v) is 4.95. The Kier molecular flexibility index (Phi) is 5.94. The molecule has 1 heteroatoms. The van der Waals surface area contributed by atoms with E-state index in [0.717, 1.165) is 5.92 Å². The molecule has 1 fully saturated rings. The van der Waals surface area contributed by atoms with E-state index < -0.39 is 0 Å². The van der Waals surface area contributed by atoms with Crippen molar-refractivity contribution in [3.8, 4) is 0 Å². The van der Waals surface area contributed by atoms with Gasteiger partial charge in [-0.05, 0) is 86.8 Å². The number of hydrogen-bond donors (Lipinski definition) is 0. The van der Waals surface area contributed by atoms with E-state index in [4.69, 9.17) is 0 Å². The third-order valence-corrected chi connectivity index (χ3v) is 6.84. The van der Waals surface area contributed by atoms with Gasteiger partial charge in [0.15, 0.2) is 0 Å². The van der Waals surface area contributed by atoms with E-state index in [0.29, 0.717) is 4.83 Å². The van der Waals surface area contributed by atoms with Crippen molar-refractivity contribution in [3.05, 3.63) is 33.4 Å². The fraction of sp³-hybridized carbons (Fsp3) is 0.700. The van der Waals surface area contributed by atoms with E-state index >= 15 is 0 Å². The molecule has 0 bridgehead atoms. The van der Waals surface area contributed by atoms with Crippen LogP contribution in [0.2, 0.25) is 0 Å². The second-order valence-electron chi connectivity index (χ2n) is 7.09. The summed E-state index contributed by atoms with van der Waals surface area (Å²) in [4.78, 5) is 0.525. The minimum absolute atomic E-state index is 0.525. The summed E-state index contributed by atoms with van der Waals surface area (Å²) in [7, 11) is 0. The maximum Gasteiger partial charge on any atom is 0.0400 e. The molecule has 1 aliphatic rings. The minimum Gasteiger partial charge on any atom is -0.0839 e. The molecule has 118 valence electrons. The zero-order valence-electron chi connectivity index (χ0n) is 14.5. The van der Waals surface area contributed by atoms with Gasteiger partial charge in [0.1, 0.15) is 0 Å². The predicted molar refractivity (Wildman–Crippen MR) is 97.6 cm³/mol. The lowest BCUT2D eigenvalue weighted by Gasteiger charge is -2.25. The van der Waals surface area contributed by atoms with Gasteiger partial charge in [-0.3, -0.25) is 0 Å². The van der Waals surface area contributed by atoms with Crippen molar-refractivity contribution in [1.29, 1.82) is 0 Å². The van der Waals surface area contributed by atoms with Crippen LogP contribution in [-0.2, 0) is 0 Å². The molecule has 1 atom stereocenters. The van der Waals surface area contributed by atoms with Crippen molar-refractivity contribution in [3.63, 3.8) is 0 Å². The van der Waals surface area contributed by atoms with Crippen LogP contribution in [0.15, 0.2) is 0 Å². The summed E-state index contributed by atoms with van der Waals surface area (Å²) in [5, 5.41) is 0. The Labute approximate surface area is 139 Å². The van der Waals surface area contributed by atoms with Gasteiger partial charge >= 0.3 is 0 Å². The molecule has 2 rings (SSSR count). The molecular formula is C20H31Br. The Balaban J connectivity index is 2.13. The Hall–Kier alpha value is -0.300.